The molecule has 0 atom stereocenters. The molecule has 0 aliphatic carbocycles. The molecule has 0 fully saturated rings. The molecule has 0 aliphatic rings. The molecule has 0 saturated heterocycles. The van der Waals surface area contributed by atoms with Crippen LogP contribution in [0.2, 0.25) is 0 Å². The quantitative estimate of drug-likeness (QED) is 0.807. The molecule has 2 aromatic heterocycles. The largest absolute Gasteiger partial charge is 0.273 e. The van der Waals surface area contributed by atoms with E-state index in [0.29, 0.717) is 10.2 Å². The summed E-state index contributed by atoms with van der Waals surface area (Å²) in [6, 6.07) is 7.31. The molecule has 0 bridgehead atoms. The van der Waals surface area contributed by atoms with Crippen molar-refractivity contribution in [3.8, 4) is 0 Å². The van der Waals surface area contributed by atoms with Crippen LogP contribution in [0.4, 0.5) is 9.52 Å². The fourth-order valence-electron chi connectivity index (χ4n) is 1.52. The summed E-state index contributed by atoms with van der Waals surface area (Å²) in [7, 11) is -3.61. The zero-order chi connectivity index (χ0) is 13.5. The normalized spacial score (nSPS) is 11.8. The van der Waals surface area contributed by atoms with Gasteiger partial charge in [0.15, 0.2) is 5.13 Å². The van der Waals surface area contributed by atoms with Crippen molar-refractivity contribution in [3.05, 3.63) is 41.5 Å². The van der Waals surface area contributed by atoms with E-state index in [4.69, 9.17) is 0 Å². The molecule has 19 heavy (non-hydrogen) atoms. The first-order valence-electron chi connectivity index (χ1n) is 5.17. The van der Waals surface area contributed by atoms with Gasteiger partial charge in [0.05, 0.1) is 10.2 Å². The number of anilines is 1. The molecule has 0 aliphatic heterocycles. The number of hydrogen-bond donors (Lipinski definition) is 1. The molecule has 0 radical (unpaired) electrons. The first-order chi connectivity index (χ1) is 9.04. The maximum absolute atomic E-state index is 13.0. The van der Waals surface area contributed by atoms with E-state index in [2.05, 4.69) is 9.71 Å². The molecule has 3 aromatic rings. The molecular weight excluding hydrogens is 307 g/mol. The Morgan fingerprint density at radius 3 is 2.84 bits per heavy atom. The van der Waals surface area contributed by atoms with Crippen LogP contribution >= 0.6 is 22.7 Å². The van der Waals surface area contributed by atoms with Crippen molar-refractivity contribution in [1.29, 1.82) is 0 Å². The number of fused-ring (bicyclic) bond motifs is 1. The lowest BCUT2D eigenvalue weighted by Gasteiger charge is -2.00. The van der Waals surface area contributed by atoms with Crippen LogP contribution in [-0.2, 0) is 10.0 Å². The third-order valence-corrected chi connectivity index (χ3v) is 6.13. The van der Waals surface area contributed by atoms with Gasteiger partial charge in [-0.15, -0.1) is 11.3 Å². The third-order valence-electron chi connectivity index (χ3n) is 2.33. The summed E-state index contributed by atoms with van der Waals surface area (Å²) in [5.41, 5.74) is 0.565. The lowest BCUT2D eigenvalue weighted by atomic mass is 10.3. The van der Waals surface area contributed by atoms with E-state index < -0.39 is 10.0 Å². The minimum absolute atomic E-state index is 0.220. The molecule has 1 aromatic carbocycles. The number of nitrogens with zero attached hydrogens (tertiary/aromatic N) is 1. The summed E-state index contributed by atoms with van der Waals surface area (Å²) in [5.74, 6) is -0.371. The number of nitrogens with one attached hydrogen (secondary N) is 1. The molecule has 0 unspecified atom stereocenters. The summed E-state index contributed by atoms with van der Waals surface area (Å²) >= 11 is 2.22. The number of thiophene rings is 1. The van der Waals surface area contributed by atoms with Crippen molar-refractivity contribution >= 4 is 48.0 Å². The third kappa shape index (κ3) is 2.46. The summed E-state index contributed by atoms with van der Waals surface area (Å²) in [6.07, 6.45) is 0. The van der Waals surface area contributed by atoms with Crippen LogP contribution in [-0.4, -0.2) is 13.4 Å². The van der Waals surface area contributed by atoms with Crippen LogP contribution in [0.15, 0.2) is 39.9 Å². The van der Waals surface area contributed by atoms with E-state index in [1.807, 2.05) is 0 Å². The number of rotatable bonds is 3. The van der Waals surface area contributed by atoms with Crippen molar-refractivity contribution in [2.24, 2.45) is 0 Å². The second-order valence-electron chi connectivity index (χ2n) is 3.67. The highest BCUT2D eigenvalue weighted by atomic mass is 32.2. The number of hydrogen-bond acceptors (Lipinski definition) is 5. The van der Waals surface area contributed by atoms with Gasteiger partial charge < -0.3 is 0 Å². The van der Waals surface area contributed by atoms with Crippen LogP contribution < -0.4 is 4.72 Å². The van der Waals surface area contributed by atoms with Crippen molar-refractivity contribution in [2.45, 2.75) is 4.21 Å². The SMILES string of the molecule is O=S(=O)(Nc1nc2ccc(F)cc2s1)c1cccs1. The molecule has 0 saturated carbocycles. The molecule has 2 heterocycles. The van der Waals surface area contributed by atoms with Crippen molar-refractivity contribution in [2.75, 3.05) is 4.72 Å². The molecule has 98 valence electrons. The average molecular weight is 314 g/mol. The number of halogens is 1. The Kier molecular flexibility index (Phi) is 3.00. The summed E-state index contributed by atoms with van der Waals surface area (Å²) in [5, 5.41) is 1.91. The predicted molar refractivity (Wildman–Crippen MR) is 74.7 cm³/mol. The van der Waals surface area contributed by atoms with Crippen LogP contribution in [0.5, 0.6) is 0 Å². The van der Waals surface area contributed by atoms with Gasteiger partial charge in [0, 0.05) is 0 Å². The Bertz CT molecular complexity index is 825. The zero-order valence-corrected chi connectivity index (χ0v) is 11.8. The first kappa shape index (κ1) is 12.5. The monoisotopic (exact) mass is 314 g/mol. The van der Waals surface area contributed by atoms with E-state index in [-0.39, 0.29) is 15.2 Å². The van der Waals surface area contributed by atoms with Crippen molar-refractivity contribution < 1.29 is 12.8 Å². The Morgan fingerprint density at radius 2 is 2.11 bits per heavy atom. The molecule has 0 spiro atoms. The highest BCUT2D eigenvalue weighted by Crippen LogP contribution is 2.28. The smallest absolute Gasteiger partial charge is 0.254 e. The molecule has 1 N–H and O–H groups in total. The summed E-state index contributed by atoms with van der Waals surface area (Å²) in [4.78, 5) is 4.12. The number of aromatic nitrogens is 1. The van der Waals surface area contributed by atoms with Crippen LogP contribution in [0, 0.1) is 5.82 Å². The minimum Gasteiger partial charge on any atom is -0.254 e. The lowest BCUT2D eigenvalue weighted by Crippen LogP contribution is -2.10. The molecule has 3 rings (SSSR count). The highest BCUT2D eigenvalue weighted by Gasteiger charge is 2.17. The maximum Gasteiger partial charge on any atom is 0.273 e. The molecule has 4 nitrogen and oxygen atoms in total. The van der Waals surface area contributed by atoms with Crippen molar-refractivity contribution in [1.82, 2.24) is 4.98 Å². The second kappa shape index (κ2) is 4.55. The van der Waals surface area contributed by atoms with E-state index in [9.17, 15) is 12.8 Å². The summed E-state index contributed by atoms with van der Waals surface area (Å²) in [6.45, 7) is 0. The summed E-state index contributed by atoms with van der Waals surface area (Å²) < 4.78 is 40.3. The Labute approximate surface area is 116 Å². The number of sulfonamides is 1. The van der Waals surface area contributed by atoms with Crippen LogP contribution in [0.1, 0.15) is 0 Å². The average Bonchev–Trinajstić information content (AvgIpc) is 2.95. The molecule has 0 amide bonds. The Morgan fingerprint density at radius 1 is 1.26 bits per heavy atom. The Hall–Kier alpha value is -1.51. The zero-order valence-electron chi connectivity index (χ0n) is 9.33. The molecular formula is C11H7FN2O2S3. The van der Waals surface area contributed by atoms with E-state index >= 15 is 0 Å². The number of thiazole rings is 1. The predicted octanol–water partition coefficient (Wildman–Crippen LogP) is 3.30. The van der Waals surface area contributed by atoms with E-state index in [1.54, 1.807) is 11.4 Å². The minimum atomic E-state index is -3.61. The van der Waals surface area contributed by atoms with E-state index in [1.165, 1.54) is 24.3 Å². The van der Waals surface area contributed by atoms with E-state index in [0.717, 1.165) is 22.7 Å². The van der Waals surface area contributed by atoms with Gasteiger partial charge in [-0.05, 0) is 29.6 Å². The topological polar surface area (TPSA) is 59.1 Å². The lowest BCUT2D eigenvalue weighted by molar-refractivity contribution is 0.603. The fraction of sp³-hybridized carbons (Fsp3) is 0. The maximum atomic E-state index is 13.0. The van der Waals surface area contributed by atoms with Crippen LogP contribution in [0.3, 0.4) is 0 Å². The van der Waals surface area contributed by atoms with Gasteiger partial charge in [0.25, 0.3) is 10.0 Å². The van der Waals surface area contributed by atoms with Crippen LogP contribution in [0.25, 0.3) is 10.2 Å². The standard InChI is InChI=1S/C11H7FN2O2S3/c12-7-3-4-8-9(6-7)18-11(13-8)14-19(15,16)10-2-1-5-17-10/h1-6H,(H,13,14). The van der Waals surface area contributed by atoms with Gasteiger partial charge in [-0.1, -0.05) is 17.4 Å². The van der Waals surface area contributed by atoms with Gasteiger partial charge in [-0.25, -0.2) is 17.8 Å². The Balaban J connectivity index is 1.98. The number of benzene rings is 1. The van der Waals surface area contributed by atoms with Crippen molar-refractivity contribution in [3.63, 3.8) is 0 Å². The van der Waals surface area contributed by atoms with Gasteiger partial charge >= 0.3 is 0 Å². The highest BCUT2D eigenvalue weighted by molar-refractivity contribution is 7.94. The molecule has 8 heteroatoms. The van der Waals surface area contributed by atoms with Gasteiger partial charge in [-0.3, -0.25) is 4.72 Å². The van der Waals surface area contributed by atoms with Gasteiger partial charge in [-0.2, -0.15) is 0 Å². The fourth-order valence-corrected chi connectivity index (χ4v) is 4.64. The van der Waals surface area contributed by atoms with Gasteiger partial charge in [0.1, 0.15) is 10.0 Å². The first-order valence-corrected chi connectivity index (χ1v) is 8.35. The second-order valence-corrected chi connectivity index (χ2v) is 7.56. The van der Waals surface area contributed by atoms with Gasteiger partial charge in [0.2, 0.25) is 0 Å².